The minimum atomic E-state index is -0.167. The van der Waals surface area contributed by atoms with Crippen LogP contribution in [0.1, 0.15) is 6.42 Å². The highest BCUT2D eigenvalue weighted by atomic mass is 19.1. The summed E-state index contributed by atoms with van der Waals surface area (Å²) in [4.78, 5) is 4.73. The van der Waals surface area contributed by atoms with Gasteiger partial charge in [-0.1, -0.05) is 6.92 Å². The Hall–Kier alpha value is -1.09. The lowest BCUT2D eigenvalue weighted by Gasteiger charge is -2.35. The third-order valence-corrected chi connectivity index (χ3v) is 3.04. The Bertz CT molecular complexity index is 315. The maximum Gasteiger partial charge on any atom is 0.123 e. The van der Waals surface area contributed by atoms with Gasteiger partial charge in [-0.2, -0.15) is 0 Å². The largest absolute Gasteiger partial charge is 0.369 e. The average Bonchev–Trinajstić information content (AvgIpc) is 2.32. The molecule has 16 heavy (non-hydrogen) atoms. The van der Waals surface area contributed by atoms with Crippen LogP contribution >= 0.6 is 0 Å². The van der Waals surface area contributed by atoms with Crippen LogP contribution in [0, 0.1) is 12.7 Å². The molecule has 2 nitrogen and oxygen atoms in total. The molecule has 1 radical (unpaired) electrons. The molecule has 1 saturated heterocycles. The Balaban J connectivity index is 1.91. The smallest absolute Gasteiger partial charge is 0.123 e. The van der Waals surface area contributed by atoms with Gasteiger partial charge in [0.25, 0.3) is 0 Å². The third kappa shape index (κ3) is 2.73. The van der Waals surface area contributed by atoms with Crippen molar-refractivity contribution in [3.63, 3.8) is 0 Å². The van der Waals surface area contributed by atoms with Crippen molar-refractivity contribution in [1.82, 2.24) is 4.90 Å². The fourth-order valence-electron chi connectivity index (χ4n) is 2.11. The monoisotopic (exact) mass is 221 g/mol. The van der Waals surface area contributed by atoms with Crippen LogP contribution in [-0.2, 0) is 0 Å². The maximum atomic E-state index is 12.8. The van der Waals surface area contributed by atoms with Crippen molar-refractivity contribution in [2.75, 3.05) is 37.6 Å². The predicted molar refractivity (Wildman–Crippen MR) is 65.0 cm³/mol. The van der Waals surface area contributed by atoms with Gasteiger partial charge < -0.3 is 4.90 Å². The number of rotatable bonds is 3. The number of halogens is 1. The van der Waals surface area contributed by atoms with Gasteiger partial charge in [0.15, 0.2) is 0 Å². The van der Waals surface area contributed by atoms with Gasteiger partial charge in [0.2, 0.25) is 0 Å². The molecule has 1 aliphatic heterocycles. The zero-order chi connectivity index (χ0) is 11.4. The molecule has 0 aromatic heterocycles. The first-order chi connectivity index (χ1) is 7.79. The molecule has 87 valence electrons. The molecule has 3 heteroatoms. The molecular weight excluding hydrogens is 203 g/mol. The van der Waals surface area contributed by atoms with Crippen LogP contribution in [0.25, 0.3) is 0 Å². The lowest BCUT2D eigenvalue weighted by molar-refractivity contribution is 0.262. The van der Waals surface area contributed by atoms with Gasteiger partial charge in [-0.25, -0.2) is 4.39 Å². The van der Waals surface area contributed by atoms with E-state index in [0.717, 1.165) is 44.8 Å². The number of hydrogen-bond acceptors (Lipinski definition) is 2. The van der Waals surface area contributed by atoms with Gasteiger partial charge in [0.05, 0.1) is 0 Å². The topological polar surface area (TPSA) is 6.48 Å². The van der Waals surface area contributed by atoms with Gasteiger partial charge in [-0.15, -0.1) is 0 Å². The van der Waals surface area contributed by atoms with Crippen LogP contribution in [0.5, 0.6) is 0 Å². The Morgan fingerprint density at radius 3 is 2.25 bits per heavy atom. The number of nitrogens with zero attached hydrogens (tertiary/aromatic N) is 2. The highest BCUT2D eigenvalue weighted by Gasteiger charge is 2.15. The van der Waals surface area contributed by atoms with Gasteiger partial charge >= 0.3 is 0 Å². The lowest BCUT2D eigenvalue weighted by atomic mass is 10.2. The Labute approximate surface area is 96.7 Å². The second kappa shape index (κ2) is 5.30. The van der Waals surface area contributed by atoms with Crippen molar-refractivity contribution in [3.8, 4) is 0 Å². The highest BCUT2D eigenvalue weighted by Crippen LogP contribution is 2.16. The van der Waals surface area contributed by atoms with E-state index in [1.807, 2.05) is 12.1 Å². The Kier molecular flexibility index (Phi) is 3.78. The zero-order valence-corrected chi connectivity index (χ0v) is 9.53. The molecule has 0 unspecified atom stereocenters. The molecule has 0 N–H and O–H groups in total. The van der Waals surface area contributed by atoms with Crippen molar-refractivity contribution in [2.45, 2.75) is 6.42 Å². The molecule has 0 atom stereocenters. The molecule has 0 spiro atoms. The SMILES string of the molecule is [CH2]CCN1CCN(c2ccc(F)cc2)CC1. The van der Waals surface area contributed by atoms with E-state index >= 15 is 0 Å². The van der Waals surface area contributed by atoms with Crippen LogP contribution in [0.4, 0.5) is 10.1 Å². The highest BCUT2D eigenvalue weighted by molar-refractivity contribution is 5.46. The van der Waals surface area contributed by atoms with Crippen molar-refractivity contribution in [3.05, 3.63) is 37.0 Å². The number of piperazine rings is 1. The van der Waals surface area contributed by atoms with E-state index in [0.29, 0.717) is 0 Å². The minimum Gasteiger partial charge on any atom is -0.369 e. The molecule has 0 bridgehead atoms. The molecule has 1 aromatic carbocycles. The second-order valence-corrected chi connectivity index (χ2v) is 4.16. The quantitative estimate of drug-likeness (QED) is 0.772. The minimum absolute atomic E-state index is 0.167. The number of anilines is 1. The molecule has 0 aliphatic carbocycles. The van der Waals surface area contributed by atoms with Gasteiger partial charge in [-0.05, 0) is 37.2 Å². The molecule has 1 aliphatic rings. The fraction of sp³-hybridized carbons (Fsp3) is 0.462. The predicted octanol–water partition coefficient (Wildman–Crippen LogP) is 2.17. The molecule has 2 rings (SSSR count). The molecule has 0 amide bonds. The third-order valence-electron chi connectivity index (χ3n) is 3.04. The summed E-state index contributed by atoms with van der Waals surface area (Å²) in [6.07, 6.45) is 0.969. The molecule has 1 heterocycles. The lowest BCUT2D eigenvalue weighted by Crippen LogP contribution is -2.46. The van der Waals surface area contributed by atoms with Crippen molar-refractivity contribution >= 4 is 5.69 Å². The van der Waals surface area contributed by atoms with Gasteiger partial charge in [0, 0.05) is 31.9 Å². The van der Waals surface area contributed by atoms with E-state index in [2.05, 4.69) is 16.7 Å². The van der Waals surface area contributed by atoms with E-state index < -0.39 is 0 Å². The summed E-state index contributed by atoms with van der Waals surface area (Å²) in [7, 11) is 0. The van der Waals surface area contributed by atoms with Crippen LogP contribution in [0.15, 0.2) is 24.3 Å². The van der Waals surface area contributed by atoms with Crippen molar-refractivity contribution in [1.29, 1.82) is 0 Å². The Morgan fingerprint density at radius 2 is 1.69 bits per heavy atom. The molecular formula is C13H18FN2. The standard InChI is InChI=1S/C13H18FN2/c1-2-7-15-8-10-16(11-9-15)13-5-3-12(14)4-6-13/h3-6H,1-2,7-11H2. The maximum absolute atomic E-state index is 12.8. The van der Waals surface area contributed by atoms with Gasteiger partial charge in [-0.3, -0.25) is 4.90 Å². The molecule has 1 aromatic rings. The number of benzene rings is 1. The average molecular weight is 221 g/mol. The summed E-state index contributed by atoms with van der Waals surface area (Å²) >= 11 is 0. The zero-order valence-electron chi connectivity index (χ0n) is 9.53. The van der Waals surface area contributed by atoms with E-state index in [4.69, 9.17) is 0 Å². The first-order valence-corrected chi connectivity index (χ1v) is 5.82. The van der Waals surface area contributed by atoms with E-state index in [9.17, 15) is 4.39 Å². The van der Waals surface area contributed by atoms with Crippen LogP contribution in [-0.4, -0.2) is 37.6 Å². The first kappa shape index (κ1) is 11.4. The summed E-state index contributed by atoms with van der Waals surface area (Å²) in [5, 5.41) is 0. The molecule has 1 fully saturated rings. The Morgan fingerprint density at radius 1 is 1.06 bits per heavy atom. The summed E-state index contributed by atoms with van der Waals surface area (Å²) < 4.78 is 12.8. The summed E-state index contributed by atoms with van der Waals surface area (Å²) in [6, 6.07) is 6.76. The fourth-order valence-corrected chi connectivity index (χ4v) is 2.11. The van der Waals surface area contributed by atoms with Crippen LogP contribution < -0.4 is 4.90 Å². The van der Waals surface area contributed by atoms with Crippen LogP contribution in [0.2, 0.25) is 0 Å². The van der Waals surface area contributed by atoms with Crippen LogP contribution in [0.3, 0.4) is 0 Å². The van der Waals surface area contributed by atoms with Crippen molar-refractivity contribution in [2.24, 2.45) is 0 Å². The second-order valence-electron chi connectivity index (χ2n) is 4.16. The first-order valence-electron chi connectivity index (χ1n) is 5.82. The van der Waals surface area contributed by atoms with E-state index in [1.54, 1.807) is 0 Å². The van der Waals surface area contributed by atoms with Crippen molar-refractivity contribution < 1.29 is 4.39 Å². The normalized spacial score (nSPS) is 17.8. The summed E-state index contributed by atoms with van der Waals surface area (Å²) in [5.41, 5.74) is 1.12. The summed E-state index contributed by atoms with van der Waals surface area (Å²) in [5.74, 6) is -0.167. The van der Waals surface area contributed by atoms with Gasteiger partial charge in [0.1, 0.15) is 5.82 Å². The van der Waals surface area contributed by atoms with E-state index in [-0.39, 0.29) is 5.82 Å². The number of hydrogen-bond donors (Lipinski definition) is 0. The molecule has 0 saturated carbocycles. The summed E-state index contributed by atoms with van der Waals surface area (Å²) in [6.45, 7) is 9.14. The van der Waals surface area contributed by atoms with E-state index in [1.165, 1.54) is 12.1 Å².